The molecule has 0 spiro atoms. The Morgan fingerprint density at radius 1 is 1.35 bits per heavy atom. The van der Waals surface area contributed by atoms with Crippen molar-refractivity contribution in [1.82, 2.24) is 10.3 Å². The van der Waals surface area contributed by atoms with Gasteiger partial charge in [0.1, 0.15) is 0 Å². The maximum Gasteiger partial charge on any atom is 0.0931 e. The minimum absolute atomic E-state index is 0.673. The van der Waals surface area contributed by atoms with Crippen molar-refractivity contribution in [1.29, 1.82) is 0 Å². The molecule has 2 nitrogen and oxygen atoms in total. The molecule has 1 aromatic rings. The second kappa shape index (κ2) is 6.50. The number of rotatable bonds is 6. The highest BCUT2D eigenvalue weighted by molar-refractivity contribution is 7.11. The molecule has 0 radical (unpaired) electrons. The molecule has 1 aliphatic rings. The Morgan fingerprint density at radius 2 is 2.24 bits per heavy atom. The molecule has 1 unspecified atom stereocenters. The highest BCUT2D eigenvalue weighted by Crippen LogP contribution is 2.34. The molecule has 0 aromatic carbocycles. The fourth-order valence-corrected chi connectivity index (χ4v) is 3.83. The molecule has 3 heteroatoms. The van der Waals surface area contributed by atoms with E-state index >= 15 is 0 Å². The molecule has 1 heterocycles. The van der Waals surface area contributed by atoms with Crippen LogP contribution in [0, 0.1) is 0 Å². The summed E-state index contributed by atoms with van der Waals surface area (Å²) >= 11 is 1.96. The van der Waals surface area contributed by atoms with Gasteiger partial charge in [-0.05, 0) is 45.1 Å². The Morgan fingerprint density at radius 3 is 3.00 bits per heavy atom. The summed E-state index contributed by atoms with van der Waals surface area (Å²) in [5, 5.41) is 4.91. The van der Waals surface area contributed by atoms with Crippen molar-refractivity contribution in [2.24, 2.45) is 0 Å². The van der Waals surface area contributed by atoms with Crippen molar-refractivity contribution in [2.75, 3.05) is 13.1 Å². The predicted molar refractivity (Wildman–Crippen MR) is 74.9 cm³/mol. The minimum Gasteiger partial charge on any atom is -0.316 e. The highest BCUT2D eigenvalue weighted by Gasteiger charge is 2.23. The molecule has 17 heavy (non-hydrogen) atoms. The molecule has 96 valence electrons. The van der Waals surface area contributed by atoms with E-state index in [1.165, 1.54) is 42.8 Å². The molecular formula is C14H24N2S. The van der Waals surface area contributed by atoms with E-state index in [-0.39, 0.29) is 0 Å². The molecule has 1 atom stereocenters. The van der Waals surface area contributed by atoms with Gasteiger partial charge in [-0.2, -0.15) is 0 Å². The second-order valence-electron chi connectivity index (χ2n) is 4.96. The Bertz CT molecular complexity index is 346. The lowest BCUT2D eigenvalue weighted by Crippen LogP contribution is -2.24. The maximum atomic E-state index is 4.88. The molecule has 0 aliphatic heterocycles. The molecule has 0 amide bonds. The number of fused-ring (bicyclic) bond motifs is 1. The zero-order chi connectivity index (χ0) is 12.1. The van der Waals surface area contributed by atoms with Gasteiger partial charge in [-0.1, -0.05) is 13.8 Å². The number of hydrogen-bond acceptors (Lipinski definition) is 3. The van der Waals surface area contributed by atoms with Gasteiger partial charge in [-0.3, -0.25) is 0 Å². The standard InChI is InChI=1S/C14H24N2S/c1-3-6-13-16-14-11(10-15-9-4-2)7-5-8-12(14)17-13/h11,15H,3-10H2,1-2H3. The fourth-order valence-electron chi connectivity index (χ4n) is 2.53. The summed E-state index contributed by atoms with van der Waals surface area (Å²) in [6.45, 7) is 6.72. The van der Waals surface area contributed by atoms with Gasteiger partial charge in [0, 0.05) is 17.3 Å². The van der Waals surface area contributed by atoms with E-state index in [2.05, 4.69) is 19.2 Å². The first kappa shape index (κ1) is 13.0. The van der Waals surface area contributed by atoms with Crippen LogP contribution in [0.5, 0.6) is 0 Å². The zero-order valence-electron chi connectivity index (χ0n) is 11.1. The highest BCUT2D eigenvalue weighted by atomic mass is 32.1. The van der Waals surface area contributed by atoms with E-state index in [1.54, 1.807) is 4.88 Å². The average molecular weight is 252 g/mol. The van der Waals surface area contributed by atoms with Crippen LogP contribution in [0.3, 0.4) is 0 Å². The number of aromatic nitrogens is 1. The fraction of sp³-hybridized carbons (Fsp3) is 0.786. The third kappa shape index (κ3) is 3.29. The van der Waals surface area contributed by atoms with E-state index in [4.69, 9.17) is 4.98 Å². The molecule has 0 saturated carbocycles. The van der Waals surface area contributed by atoms with Gasteiger partial charge in [0.25, 0.3) is 0 Å². The van der Waals surface area contributed by atoms with Crippen LogP contribution in [-0.4, -0.2) is 18.1 Å². The van der Waals surface area contributed by atoms with Crippen LogP contribution in [0.25, 0.3) is 0 Å². The van der Waals surface area contributed by atoms with Gasteiger partial charge in [-0.15, -0.1) is 11.3 Å². The van der Waals surface area contributed by atoms with E-state index in [0.29, 0.717) is 5.92 Å². The first-order valence-electron chi connectivity index (χ1n) is 7.04. The smallest absolute Gasteiger partial charge is 0.0931 e. The molecular weight excluding hydrogens is 228 g/mol. The molecule has 0 bridgehead atoms. The van der Waals surface area contributed by atoms with Gasteiger partial charge >= 0.3 is 0 Å². The van der Waals surface area contributed by atoms with Gasteiger partial charge in [-0.25, -0.2) is 4.98 Å². The van der Waals surface area contributed by atoms with Crippen LogP contribution in [0.15, 0.2) is 0 Å². The van der Waals surface area contributed by atoms with Gasteiger partial charge in [0.05, 0.1) is 10.7 Å². The number of thiazole rings is 1. The van der Waals surface area contributed by atoms with E-state index in [9.17, 15) is 0 Å². The molecule has 0 fully saturated rings. The lowest BCUT2D eigenvalue weighted by molar-refractivity contribution is 0.501. The van der Waals surface area contributed by atoms with Crippen molar-refractivity contribution >= 4 is 11.3 Å². The first-order chi connectivity index (χ1) is 8.35. The van der Waals surface area contributed by atoms with Crippen molar-refractivity contribution < 1.29 is 0 Å². The van der Waals surface area contributed by atoms with Crippen molar-refractivity contribution in [2.45, 2.75) is 58.3 Å². The Labute approximate surface area is 109 Å². The number of nitrogens with one attached hydrogen (secondary N) is 1. The minimum atomic E-state index is 0.673. The third-order valence-corrected chi connectivity index (χ3v) is 4.59. The third-order valence-electron chi connectivity index (χ3n) is 3.40. The summed E-state index contributed by atoms with van der Waals surface area (Å²) in [6, 6.07) is 0. The maximum absolute atomic E-state index is 4.88. The van der Waals surface area contributed by atoms with Crippen LogP contribution < -0.4 is 5.32 Å². The number of hydrogen-bond donors (Lipinski definition) is 1. The zero-order valence-corrected chi connectivity index (χ0v) is 11.9. The first-order valence-corrected chi connectivity index (χ1v) is 7.86. The van der Waals surface area contributed by atoms with Gasteiger partial charge in [0.15, 0.2) is 0 Å². The van der Waals surface area contributed by atoms with Gasteiger partial charge in [0.2, 0.25) is 0 Å². The van der Waals surface area contributed by atoms with E-state index in [0.717, 1.165) is 19.5 Å². The van der Waals surface area contributed by atoms with E-state index < -0.39 is 0 Å². The van der Waals surface area contributed by atoms with Gasteiger partial charge < -0.3 is 5.32 Å². The monoisotopic (exact) mass is 252 g/mol. The summed E-state index contributed by atoms with van der Waals surface area (Å²) in [7, 11) is 0. The number of nitrogens with zero attached hydrogens (tertiary/aromatic N) is 1. The lowest BCUT2D eigenvalue weighted by atomic mass is 9.91. The molecule has 2 rings (SSSR count). The lowest BCUT2D eigenvalue weighted by Gasteiger charge is -2.21. The largest absolute Gasteiger partial charge is 0.316 e. The van der Waals surface area contributed by atoms with E-state index in [1.807, 2.05) is 11.3 Å². The number of aryl methyl sites for hydroxylation is 2. The Hall–Kier alpha value is -0.410. The quantitative estimate of drug-likeness (QED) is 0.784. The molecule has 1 aromatic heterocycles. The summed E-state index contributed by atoms with van der Waals surface area (Å²) in [6.07, 6.45) is 7.52. The van der Waals surface area contributed by atoms with Crippen LogP contribution in [0.4, 0.5) is 0 Å². The second-order valence-corrected chi connectivity index (χ2v) is 6.13. The molecule has 1 N–H and O–H groups in total. The normalized spacial score (nSPS) is 19.3. The summed E-state index contributed by atoms with van der Waals surface area (Å²) in [5.41, 5.74) is 1.42. The van der Waals surface area contributed by atoms with Crippen LogP contribution in [0.1, 0.15) is 61.0 Å². The van der Waals surface area contributed by atoms with Crippen molar-refractivity contribution in [3.63, 3.8) is 0 Å². The topological polar surface area (TPSA) is 24.9 Å². The van der Waals surface area contributed by atoms with Crippen LogP contribution in [0.2, 0.25) is 0 Å². The van der Waals surface area contributed by atoms with Crippen molar-refractivity contribution in [3.05, 3.63) is 15.6 Å². The SMILES string of the molecule is CCCNCC1CCCc2sc(CCC)nc21. The summed E-state index contributed by atoms with van der Waals surface area (Å²) < 4.78 is 0. The van der Waals surface area contributed by atoms with Crippen molar-refractivity contribution in [3.8, 4) is 0 Å². The molecule has 1 aliphatic carbocycles. The van der Waals surface area contributed by atoms with Crippen LogP contribution in [-0.2, 0) is 12.8 Å². The Balaban J connectivity index is 2.02. The summed E-state index contributed by atoms with van der Waals surface area (Å²) in [4.78, 5) is 6.45. The predicted octanol–water partition coefficient (Wildman–Crippen LogP) is 3.52. The summed E-state index contributed by atoms with van der Waals surface area (Å²) in [5.74, 6) is 0.673. The average Bonchev–Trinajstić information content (AvgIpc) is 2.73. The Kier molecular flexibility index (Phi) is 4.99. The molecule has 0 saturated heterocycles. The van der Waals surface area contributed by atoms with Crippen LogP contribution >= 0.6 is 11.3 Å².